The molecule has 0 aliphatic heterocycles. The summed E-state index contributed by atoms with van der Waals surface area (Å²) in [5, 5.41) is 6.22. The van der Waals surface area contributed by atoms with E-state index in [4.69, 9.17) is 10.5 Å². The van der Waals surface area contributed by atoms with Gasteiger partial charge in [0.1, 0.15) is 5.75 Å². The zero-order valence-corrected chi connectivity index (χ0v) is 16.2. The molecule has 0 aromatic heterocycles. The van der Waals surface area contributed by atoms with Crippen LogP contribution in [0.5, 0.6) is 5.75 Å². The van der Waals surface area contributed by atoms with Gasteiger partial charge in [-0.05, 0) is 43.0 Å². The van der Waals surface area contributed by atoms with Crippen molar-refractivity contribution >= 4 is 42.1 Å². The van der Waals surface area contributed by atoms with E-state index in [1.165, 1.54) is 12.8 Å². The maximum absolute atomic E-state index is 12.5. The van der Waals surface area contributed by atoms with E-state index in [1.807, 2.05) is 42.5 Å². The van der Waals surface area contributed by atoms with E-state index in [9.17, 15) is 4.79 Å². The Morgan fingerprint density at radius 1 is 1.19 bits per heavy atom. The third kappa shape index (κ3) is 5.80. The smallest absolute Gasteiger partial charge is 0.253 e. The highest BCUT2D eigenvalue weighted by molar-refractivity contribution is 6.00. The minimum absolute atomic E-state index is 0. The summed E-state index contributed by atoms with van der Waals surface area (Å²) in [5.74, 6) is 1.21. The molecule has 3 rings (SSSR count). The lowest BCUT2D eigenvalue weighted by Crippen LogP contribution is -2.38. The lowest BCUT2D eigenvalue weighted by Gasteiger charge is -2.15. The zero-order valence-electron chi connectivity index (χ0n) is 14.6. The van der Waals surface area contributed by atoms with Gasteiger partial charge in [-0.25, -0.2) is 0 Å². The van der Waals surface area contributed by atoms with Crippen molar-refractivity contribution < 1.29 is 9.53 Å². The predicted molar refractivity (Wildman–Crippen MR) is 110 cm³/mol. The van der Waals surface area contributed by atoms with Crippen molar-refractivity contribution in [1.82, 2.24) is 5.32 Å². The predicted octanol–water partition coefficient (Wildman–Crippen LogP) is 3.75. The van der Waals surface area contributed by atoms with Gasteiger partial charge in [0.15, 0.2) is 0 Å². The fourth-order valence-corrected chi connectivity index (χ4v) is 2.64. The minimum Gasteiger partial charge on any atom is -0.497 e. The molecule has 7 heteroatoms. The van der Waals surface area contributed by atoms with Crippen LogP contribution in [-0.4, -0.2) is 25.6 Å². The number of methoxy groups -OCH3 is 1. The third-order valence-corrected chi connectivity index (χ3v) is 4.25. The first-order valence-corrected chi connectivity index (χ1v) is 8.21. The molecule has 1 saturated carbocycles. The van der Waals surface area contributed by atoms with Crippen LogP contribution in [0.1, 0.15) is 23.2 Å². The van der Waals surface area contributed by atoms with E-state index in [0.29, 0.717) is 18.0 Å². The molecule has 0 saturated heterocycles. The Balaban J connectivity index is 0.00000169. The van der Waals surface area contributed by atoms with E-state index < -0.39 is 0 Å². The summed E-state index contributed by atoms with van der Waals surface area (Å²) in [6.07, 6.45) is 2.34. The first-order valence-electron chi connectivity index (χ1n) is 8.21. The average Bonchev–Trinajstić information content (AvgIpc) is 3.45. The second-order valence-corrected chi connectivity index (χ2v) is 6.11. The van der Waals surface area contributed by atoms with Crippen LogP contribution in [0.25, 0.3) is 0 Å². The minimum atomic E-state index is -0.114. The van der Waals surface area contributed by atoms with Gasteiger partial charge in [-0.2, -0.15) is 0 Å². The van der Waals surface area contributed by atoms with Gasteiger partial charge in [0, 0.05) is 24.3 Å². The van der Waals surface area contributed by atoms with Crippen molar-refractivity contribution in [1.29, 1.82) is 0 Å². The highest BCUT2D eigenvalue weighted by Gasteiger charge is 2.28. The van der Waals surface area contributed by atoms with E-state index in [-0.39, 0.29) is 36.8 Å². The monoisotopic (exact) mass is 397 g/mol. The van der Waals surface area contributed by atoms with Gasteiger partial charge in [0.05, 0.1) is 18.4 Å². The molecular formula is C19H25Cl2N3O2. The largest absolute Gasteiger partial charge is 0.497 e. The SMILES string of the molecule is COc1cccc(Nc2ccccc2C(=O)NCC(N)C2CC2)c1.Cl.Cl. The number of carbonyl (C=O) groups is 1. The molecule has 4 N–H and O–H groups in total. The van der Waals surface area contributed by atoms with Gasteiger partial charge >= 0.3 is 0 Å². The molecule has 2 aromatic rings. The molecule has 2 aromatic carbocycles. The number of nitrogens with two attached hydrogens (primary N) is 1. The van der Waals surface area contributed by atoms with Crippen LogP contribution in [0.3, 0.4) is 0 Å². The Morgan fingerprint density at radius 3 is 2.62 bits per heavy atom. The first kappa shape index (κ1) is 22.1. The van der Waals surface area contributed by atoms with E-state index >= 15 is 0 Å². The summed E-state index contributed by atoms with van der Waals surface area (Å²) in [7, 11) is 1.63. The molecule has 0 spiro atoms. The molecule has 1 aliphatic carbocycles. The van der Waals surface area contributed by atoms with Gasteiger partial charge < -0.3 is 21.1 Å². The van der Waals surface area contributed by atoms with E-state index in [0.717, 1.165) is 17.1 Å². The number of halogens is 2. The number of ether oxygens (including phenoxy) is 1. The number of amides is 1. The number of carbonyl (C=O) groups excluding carboxylic acids is 1. The maximum Gasteiger partial charge on any atom is 0.253 e. The number of rotatable bonds is 7. The van der Waals surface area contributed by atoms with Crippen molar-refractivity contribution in [2.45, 2.75) is 18.9 Å². The van der Waals surface area contributed by atoms with Crippen LogP contribution in [-0.2, 0) is 0 Å². The fraction of sp³-hybridized carbons (Fsp3) is 0.316. The van der Waals surface area contributed by atoms with Gasteiger partial charge in [0.25, 0.3) is 5.91 Å². The summed E-state index contributed by atoms with van der Waals surface area (Å²) in [4.78, 5) is 12.5. The lowest BCUT2D eigenvalue weighted by molar-refractivity contribution is 0.0951. The average molecular weight is 398 g/mol. The van der Waals surface area contributed by atoms with Crippen LogP contribution in [0, 0.1) is 5.92 Å². The Kier molecular flexibility index (Phi) is 8.72. The fourth-order valence-electron chi connectivity index (χ4n) is 2.64. The van der Waals surface area contributed by atoms with Crippen LogP contribution in [0.4, 0.5) is 11.4 Å². The van der Waals surface area contributed by atoms with Crippen molar-refractivity contribution in [2.75, 3.05) is 19.0 Å². The molecule has 1 atom stereocenters. The van der Waals surface area contributed by atoms with Crippen LogP contribution >= 0.6 is 24.8 Å². The number of anilines is 2. The van der Waals surface area contributed by atoms with Gasteiger partial charge in [-0.3, -0.25) is 4.79 Å². The summed E-state index contributed by atoms with van der Waals surface area (Å²) >= 11 is 0. The van der Waals surface area contributed by atoms with Gasteiger partial charge in [-0.15, -0.1) is 24.8 Å². The lowest BCUT2D eigenvalue weighted by atomic mass is 10.1. The summed E-state index contributed by atoms with van der Waals surface area (Å²) in [5.41, 5.74) is 8.27. The molecule has 142 valence electrons. The highest BCUT2D eigenvalue weighted by atomic mass is 35.5. The number of hydrogen-bond donors (Lipinski definition) is 3. The van der Waals surface area contributed by atoms with Crippen molar-refractivity contribution in [3.8, 4) is 5.75 Å². The normalized spacial score (nSPS) is 13.6. The second-order valence-electron chi connectivity index (χ2n) is 6.11. The quantitative estimate of drug-likeness (QED) is 0.664. The molecule has 0 radical (unpaired) electrons. The standard InChI is InChI=1S/C19H23N3O2.2ClH/c1-24-15-6-4-5-14(11-15)22-18-8-3-2-7-16(18)19(23)21-12-17(20)13-9-10-13;;/h2-8,11,13,17,22H,9-10,12,20H2,1H3,(H,21,23);2*1H. The summed E-state index contributed by atoms with van der Waals surface area (Å²) < 4.78 is 5.23. The number of para-hydroxylation sites is 1. The summed E-state index contributed by atoms with van der Waals surface area (Å²) in [6.45, 7) is 0.511. The highest BCUT2D eigenvalue weighted by Crippen LogP contribution is 2.31. The Bertz CT molecular complexity index is 723. The molecule has 5 nitrogen and oxygen atoms in total. The molecular weight excluding hydrogens is 373 g/mol. The molecule has 1 aliphatic rings. The molecule has 1 unspecified atom stereocenters. The first-order chi connectivity index (χ1) is 11.7. The van der Waals surface area contributed by atoms with Crippen LogP contribution in [0.2, 0.25) is 0 Å². The summed E-state index contributed by atoms with van der Waals surface area (Å²) in [6, 6.07) is 15.1. The van der Waals surface area contributed by atoms with Crippen LogP contribution < -0.4 is 21.1 Å². The number of nitrogens with one attached hydrogen (secondary N) is 2. The van der Waals surface area contributed by atoms with Gasteiger partial charge in [-0.1, -0.05) is 18.2 Å². The molecule has 26 heavy (non-hydrogen) atoms. The number of benzene rings is 2. The Morgan fingerprint density at radius 2 is 1.92 bits per heavy atom. The van der Waals surface area contributed by atoms with Crippen LogP contribution in [0.15, 0.2) is 48.5 Å². The molecule has 0 bridgehead atoms. The van der Waals surface area contributed by atoms with Crippen molar-refractivity contribution in [3.05, 3.63) is 54.1 Å². The van der Waals surface area contributed by atoms with E-state index in [2.05, 4.69) is 10.6 Å². The van der Waals surface area contributed by atoms with Gasteiger partial charge in [0.2, 0.25) is 0 Å². The van der Waals surface area contributed by atoms with Crippen molar-refractivity contribution in [2.24, 2.45) is 11.7 Å². The maximum atomic E-state index is 12.5. The zero-order chi connectivity index (χ0) is 16.9. The van der Waals surface area contributed by atoms with E-state index in [1.54, 1.807) is 13.2 Å². The Hall–Kier alpha value is -1.95. The third-order valence-electron chi connectivity index (χ3n) is 4.25. The molecule has 1 fully saturated rings. The number of hydrogen-bond acceptors (Lipinski definition) is 4. The molecule has 1 amide bonds. The van der Waals surface area contributed by atoms with Crippen molar-refractivity contribution in [3.63, 3.8) is 0 Å². The Labute approximate surface area is 166 Å². The molecule has 0 heterocycles. The second kappa shape index (κ2) is 10.3. The topological polar surface area (TPSA) is 76.4 Å².